The van der Waals surface area contributed by atoms with Crippen LogP contribution in [0.1, 0.15) is 35.7 Å². The minimum absolute atomic E-state index is 0.162. The predicted octanol–water partition coefficient (Wildman–Crippen LogP) is 2.30. The fourth-order valence-corrected chi connectivity index (χ4v) is 2.94. The van der Waals surface area contributed by atoms with Crippen LogP contribution in [0.15, 0.2) is 43.0 Å². The molecule has 3 rings (SSSR count). The number of imidazole rings is 1. The van der Waals surface area contributed by atoms with Gasteiger partial charge in [0, 0.05) is 50.2 Å². The number of hydrogen-bond acceptors (Lipinski definition) is 3. The Kier molecular flexibility index (Phi) is 5.08. The summed E-state index contributed by atoms with van der Waals surface area (Å²) >= 11 is 0. The lowest BCUT2D eigenvalue weighted by atomic mass is 10.1. The second-order valence-electron chi connectivity index (χ2n) is 6.24. The Bertz CT molecular complexity index is 615. The molecule has 23 heavy (non-hydrogen) atoms. The van der Waals surface area contributed by atoms with Gasteiger partial charge < -0.3 is 14.8 Å². The number of carbonyl (C=O) groups excluding carboxylic acids is 1. The highest BCUT2D eigenvalue weighted by atomic mass is 16.2. The van der Waals surface area contributed by atoms with Gasteiger partial charge >= 0.3 is 0 Å². The summed E-state index contributed by atoms with van der Waals surface area (Å²) in [7, 11) is 0. The van der Waals surface area contributed by atoms with E-state index in [4.69, 9.17) is 0 Å². The highest BCUT2D eigenvalue weighted by Gasteiger charge is 2.19. The summed E-state index contributed by atoms with van der Waals surface area (Å²) in [5.41, 5.74) is 1.99. The molecule has 5 nitrogen and oxygen atoms in total. The zero-order valence-corrected chi connectivity index (χ0v) is 13.6. The van der Waals surface area contributed by atoms with Gasteiger partial charge in [0.05, 0.1) is 6.33 Å². The maximum atomic E-state index is 12.3. The Balaban J connectivity index is 1.50. The number of nitrogens with one attached hydrogen (secondary N) is 1. The van der Waals surface area contributed by atoms with Crippen molar-refractivity contribution < 1.29 is 4.79 Å². The van der Waals surface area contributed by atoms with Crippen molar-refractivity contribution in [3.8, 4) is 0 Å². The van der Waals surface area contributed by atoms with Gasteiger partial charge in [0.1, 0.15) is 0 Å². The summed E-state index contributed by atoms with van der Waals surface area (Å²) in [5.74, 6) is 0.162. The summed E-state index contributed by atoms with van der Waals surface area (Å²) in [6.45, 7) is 5.65. The lowest BCUT2D eigenvalue weighted by molar-refractivity contribution is 0.0793. The molecule has 0 bridgehead atoms. The molecule has 1 aromatic carbocycles. The number of amides is 1. The van der Waals surface area contributed by atoms with Crippen molar-refractivity contribution in [3.63, 3.8) is 0 Å². The first-order valence-electron chi connectivity index (χ1n) is 8.30. The van der Waals surface area contributed by atoms with Gasteiger partial charge in [0.25, 0.3) is 5.91 Å². The van der Waals surface area contributed by atoms with Crippen LogP contribution < -0.4 is 5.32 Å². The maximum absolute atomic E-state index is 12.3. The normalized spacial score (nSPS) is 15.8. The van der Waals surface area contributed by atoms with Gasteiger partial charge in [-0.25, -0.2) is 4.98 Å². The summed E-state index contributed by atoms with van der Waals surface area (Å²) < 4.78 is 2.06. The van der Waals surface area contributed by atoms with Crippen molar-refractivity contribution in [2.24, 2.45) is 0 Å². The lowest BCUT2D eigenvalue weighted by Crippen LogP contribution is -2.29. The van der Waals surface area contributed by atoms with Crippen molar-refractivity contribution in [2.75, 3.05) is 13.1 Å². The smallest absolute Gasteiger partial charge is 0.253 e. The summed E-state index contributed by atoms with van der Waals surface area (Å²) in [6.07, 6.45) is 7.85. The number of likely N-dealkylation sites (tertiary alicyclic amines) is 1. The third-order valence-electron chi connectivity index (χ3n) is 4.29. The molecule has 1 saturated heterocycles. The Morgan fingerprint density at radius 3 is 2.65 bits per heavy atom. The molecule has 1 aliphatic heterocycles. The number of carbonyl (C=O) groups is 1. The van der Waals surface area contributed by atoms with Crippen LogP contribution in [-0.4, -0.2) is 39.5 Å². The third kappa shape index (κ3) is 4.20. The minimum atomic E-state index is 0.162. The van der Waals surface area contributed by atoms with Gasteiger partial charge in [-0.1, -0.05) is 12.1 Å². The molecule has 0 aliphatic carbocycles. The van der Waals surface area contributed by atoms with E-state index in [2.05, 4.69) is 21.8 Å². The Morgan fingerprint density at radius 2 is 2.00 bits per heavy atom. The van der Waals surface area contributed by atoms with Gasteiger partial charge in [-0.15, -0.1) is 0 Å². The molecule has 2 heterocycles. The molecule has 1 amide bonds. The predicted molar refractivity (Wildman–Crippen MR) is 90.1 cm³/mol. The first kappa shape index (κ1) is 15.7. The minimum Gasteiger partial charge on any atom is -0.339 e. The maximum Gasteiger partial charge on any atom is 0.253 e. The van der Waals surface area contributed by atoms with E-state index in [0.29, 0.717) is 6.04 Å². The zero-order chi connectivity index (χ0) is 16.1. The molecule has 122 valence electrons. The largest absolute Gasteiger partial charge is 0.339 e. The monoisotopic (exact) mass is 312 g/mol. The molecule has 5 heteroatoms. The Hall–Kier alpha value is -2.14. The fraction of sp³-hybridized carbons (Fsp3) is 0.444. The molecule has 1 fully saturated rings. The quantitative estimate of drug-likeness (QED) is 0.890. The van der Waals surface area contributed by atoms with E-state index in [1.54, 1.807) is 6.20 Å². The molecule has 0 saturated carbocycles. The van der Waals surface area contributed by atoms with E-state index in [9.17, 15) is 4.79 Å². The van der Waals surface area contributed by atoms with Crippen LogP contribution in [0.25, 0.3) is 0 Å². The second kappa shape index (κ2) is 7.42. The average molecular weight is 312 g/mol. The average Bonchev–Trinajstić information content (AvgIpc) is 3.26. The number of nitrogens with zero attached hydrogens (tertiary/aromatic N) is 3. The van der Waals surface area contributed by atoms with Crippen LogP contribution in [0.5, 0.6) is 0 Å². The van der Waals surface area contributed by atoms with Gasteiger partial charge in [-0.05, 0) is 37.5 Å². The highest BCUT2D eigenvalue weighted by molar-refractivity contribution is 5.94. The standard InChI is InChI=1S/C18H24N4O/c1-15(13-21-11-8-19-14-21)20-12-16-4-6-17(7-5-16)18(23)22-9-2-3-10-22/h4-8,11,14-15,20H,2-3,9-10,12-13H2,1H3/t15-/m0/s1. The van der Waals surface area contributed by atoms with E-state index in [0.717, 1.165) is 44.6 Å². The molecule has 0 spiro atoms. The Labute approximate surface area is 137 Å². The van der Waals surface area contributed by atoms with Crippen molar-refractivity contribution in [3.05, 3.63) is 54.1 Å². The van der Waals surface area contributed by atoms with E-state index in [-0.39, 0.29) is 5.91 Å². The molecule has 1 aromatic heterocycles. The molecular formula is C18H24N4O. The van der Waals surface area contributed by atoms with E-state index < -0.39 is 0 Å². The SMILES string of the molecule is C[C@@H](Cn1ccnc1)NCc1ccc(C(=O)N2CCCC2)cc1. The molecular weight excluding hydrogens is 288 g/mol. The van der Waals surface area contributed by atoms with Crippen molar-refractivity contribution >= 4 is 5.91 Å². The first-order chi connectivity index (χ1) is 11.2. The van der Waals surface area contributed by atoms with Crippen LogP contribution in [0.2, 0.25) is 0 Å². The topological polar surface area (TPSA) is 50.2 Å². The van der Waals surface area contributed by atoms with Gasteiger partial charge in [0.2, 0.25) is 0 Å². The summed E-state index contributed by atoms with van der Waals surface area (Å²) in [6, 6.07) is 8.33. The Morgan fingerprint density at radius 1 is 1.26 bits per heavy atom. The second-order valence-corrected chi connectivity index (χ2v) is 6.24. The first-order valence-corrected chi connectivity index (χ1v) is 8.30. The van der Waals surface area contributed by atoms with E-state index in [1.807, 2.05) is 41.7 Å². The van der Waals surface area contributed by atoms with Gasteiger partial charge in [-0.2, -0.15) is 0 Å². The molecule has 1 N–H and O–H groups in total. The molecule has 2 aromatic rings. The summed E-state index contributed by atoms with van der Waals surface area (Å²) in [5, 5.41) is 3.50. The van der Waals surface area contributed by atoms with E-state index >= 15 is 0 Å². The van der Waals surface area contributed by atoms with Crippen LogP contribution in [0, 0.1) is 0 Å². The zero-order valence-electron chi connectivity index (χ0n) is 13.6. The highest BCUT2D eigenvalue weighted by Crippen LogP contribution is 2.13. The molecule has 0 radical (unpaired) electrons. The van der Waals surface area contributed by atoms with Crippen LogP contribution in [0.3, 0.4) is 0 Å². The number of benzene rings is 1. The van der Waals surface area contributed by atoms with Crippen LogP contribution >= 0.6 is 0 Å². The van der Waals surface area contributed by atoms with Crippen LogP contribution in [0.4, 0.5) is 0 Å². The number of hydrogen-bond donors (Lipinski definition) is 1. The van der Waals surface area contributed by atoms with Crippen molar-refractivity contribution in [1.29, 1.82) is 0 Å². The van der Waals surface area contributed by atoms with Crippen molar-refractivity contribution in [2.45, 2.75) is 38.9 Å². The van der Waals surface area contributed by atoms with Crippen LogP contribution in [-0.2, 0) is 13.1 Å². The van der Waals surface area contributed by atoms with Crippen molar-refractivity contribution in [1.82, 2.24) is 19.8 Å². The third-order valence-corrected chi connectivity index (χ3v) is 4.29. The van der Waals surface area contributed by atoms with Gasteiger partial charge in [0.15, 0.2) is 0 Å². The summed E-state index contributed by atoms with van der Waals surface area (Å²) in [4.78, 5) is 18.3. The molecule has 1 atom stereocenters. The number of aromatic nitrogens is 2. The lowest BCUT2D eigenvalue weighted by Gasteiger charge is -2.16. The molecule has 1 aliphatic rings. The number of rotatable bonds is 6. The fourth-order valence-electron chi connectivity index (χ4n) is 2.94. The van der Waals surface area contributed by atoms with E-state index in [1.165, 1.54) is 5.56 Å². The molecule has 0 unspecified atom stereocenters. The van der Waals surface area contributed by atoms with Gasteiger partial charge in [-0.3, -0.25) is 4.79 Å².